The fourth-order valence-corrected chi connectivity index (χ4v) is 2.60. The average molecular weight is 322 g/mol. The Hall–Kier alpha value is -2.95. The molecule has 24 heavy (non-hydrogen) atoms. The van der Waals surface area contributed by atoms with E-state index < -0.39 is 0 Å². The van der Waals surface area contributed by atoms with Crippen molar-refractivity contribution in [1.82, 2.24) is 19.2 Å². The van der Waals surface area contributed by atoms with Gasteiger partial charge in [-0.25, -0.2) is 4.98 Å². The molecule has 0 saturated carbocycles. The molecule has 0 atom stereocenters. The van der Waals surface area contributed by atoms with Gasteiger partial charge in [-0.2, -0.15) is 9.49 Å². The van der Waals surface area contributed by atoms with Gasteiger partial charge in [-0.15, -0.1) is 0 Å². The van der Waals surface area contributed by atoms with Crippen LogP contribution in [-0.2, 0) is 7.05 Å². The minimum Gasteiger partial charge on any atom is -0.275 e. The first-order chi connectivity index (χ1) is 11.7. The Labute approximate surface area is 140 Å². The van der Waals surface area contributed by atoms with Crippen molar-refractivity contribution in [3.8, 4) is 22.4 Å². The molecular formula is C19H19FN4. The summed E-state index contributed by atoms with van der Waals surface area (Å²) in [5.41, 5.74) is 4.40. The van der Waals surface area contributed by atoms with E-state index in [4.69, 9.17) is 0 Å². The molecular weight excluding hydrogens is 303 g/mol. The van der Waals surface area contributed by atoms with Crippen LogP contribution < -0.4 is 0 Å². The number of fused-ring (bicyclic) bond motifs is 1. The molecule has 3 aromatic heterocycles. The second-order valence-corrected chi connectivity index (χ2v) is 5.17. The molecule has 1 aromatic carbocycles. The fraction of sp³-hybridized carbons (Fsp3) is 0.158. The topological polar surface area (TPSA) is 35.1 Å². The molecule has 4 nitrogen and oxygen atoms in total. The molecule has 4 rings (SSSR count). The van der Waals surface area contributed by atoms with Crippen LogP contribution in [0.4, 0.5) is 4.39 Å². The van der Waals surface area contributed by atoms with E-state index in [1.807, 2.05) is 57.6 Å². The lowest BCUT2D eigenvalue weighted by atomic mass is 10.1. The van der Waals surface area contributed by atoms with Gasteiger partial charge in [0.05, 0.1) is 18.1 Å². The van der Waals surface area contributed by atoms with Crippen LogP contribution in [0.15, 0.2) is 61.1 Å². The molecule has 0 aliphatic rings. The van der Waals surface area contributed by atoms with E-state index in [-0.39, 0.29) is 5.95 Å². The smallest absolute Gasteiger partial charge is 0.199 e. The van der Waals surface area contributed by atoms with Crippen molar-refractivity contribution in [3.63, 3.8) is 0 Å². The van der Waals surface area contributed by atoms with Crippen molar-refractivity contribution in [3.05, 3.63) is 67.0 Å². The lowest BCUT2D eigenvalue weighted by Gasteiger charge is -2.04. The van der Waals surface area contributed by atoms with Gasteiger partial charge < -0.3 is 0 Å². The van der Waals surface area contributed by atoms with Gasteiger partial charge in [0, 0.05) is 24.4 Å². The molecule has 0 saturated heterocycles. The van der Waals surface area contributed by atoms with Crippen LogP contribution in [0.1, 0.15) is 13.8 Å². The number of rotatable bonds is 2. The molecule has 0 spiro atoms. The van der Waals surface area contributed by atoms with Gasteiger partial charge in [0.15, 0.2) is 5.95 Å². The highest BCUT2D eigenvalue weighted by Crippen LogP contribution is 2.25. The van der Waals surface area contributed by atoms with E-state index >= 15 is 0 Å². The van der Waals surface area contributed by atoms with Crippen LogP contribution in [0.25, 0.3) is 28.0 Å². The summed E-state index contributed by atoms with van der Waals surface area (Å²) in [5, 5.41) is 4.17. The monoisotopic (exact) mass is 322 g/mol. The Balaban J connectivity index is 0.000000815. The lowest BCUT2D eigenvalue weighted by molar-refractivity contribution is 0.569. The average Bonchev–Trinajstić information content (AvgIpc) is 3.24. The molecule has 0 aliphatic carbocycles. The van der Waals surface area contributed by atoms with Crippen molar-refractivity contribution in [2.75, 3.05) is 0 Å². The number of hydrogen-bond donors (Lipinski definition) is 0. The highest BCUT2D eigenvalue weighted by atomic mass is 19.1. The van der Waals surface area contributed by atoms with Gasteiger partial charge in [-0.1, -0.05) is 44.2 Å². The van der Waals surface area contributed by atoms with E-state index in [0.29, 0.717) is 5.65 Å². The minimum atomic E-state index is -0.318. The highest BCUT2D eigenvalue weighted by Gasteiger charge is 2.09. The zero-order valence-corrected chi connectivity index (χ0v) is 13.9. The second kappa shape index (κ2) is 6.66. The maximum atomic E-state index is 14.0. The van der Waals surface area contributed by atoms with Gasteiger partial charge in [0.25, 0.3) is 0 Å². The van der Waals surface area contributed by atoms with Gasteiger partial charge >= 0.3 is 0 Å². The second-order valence-electron chi connectivity index (χ2n) is 5.17. The van der Waals surface area contributed by atoms with Crippen LogP contribution >= 0.6 is 0 Å². The number of aryl methyl sites for hydroxylation is 1. The molecule has 5 heteroatoms. The Morgan fingerprint density at radius 1 is 0.875 bits per heavy atom. The molecule has 0 N–H and O–H groups in total. The summed E-state index contributed by atoms with van der Waals surface area (Å²) >= 11 is 0. The van der Waals surface area contributed by atoms with Crippen molar-refractivity contribution in [2.45, 2.75) is 13.8 Å². The minimum absolute atomic E-state index is 0.318. The van der Waals surface area contributed by atoms with E-state index in [9.17, 15) is 4.39 Å². The summed E-state index contributed by atoms with van der Waals surface area (Å²) in [6, 6.07) is 12.8. The zero-order chi connectivity index (χ0) is 17.1. The normalized spacial score (nSPS) is 10.5. The van der Waals surface area contributed by atoms with Crippen molar-refractivity contribution in [1.29, 1.82) is 0 Å². The standard InChI is InChI=1S/C17H13FN4.C2H6/c1-21-11-14(9-20-21)12-5-7-13(8-6-12)15-10-19-17-4-2-3-16(18)22(15)17;1-2/h2-11H,1H3;1-2H3. The maximum absolute atomic E-state index is 14.0. The number of halogens is 1. The Morgan fingerprint density at radius 2 is 1.58 bits per heavy atom. The Kier molecular flexibility index (Phi) is 4.42. The Bertz CT molecular complexity index is 951. The third-order valence-corrected chi connectivity index (χ3v) is 3.70. The number of benzene rings is 1. The molecule has 0 unspecified atom stereocenters. The van der Waals surface area contributed by atoms with E-state index in [2.05, 4.69) is 10.1 Å². The van der Waals surface area contributed by atoms with Crippen LogP contribution in [0.3, 0.4) is 0 Å². The van der Waals surface area contributed by atoms with Crippen molar-refractivity contribution >= 4 is 5.65 Å². The van der Waals surface area contributed by atoms with E-state index in [1.54, 1.807) is 23.0 Å². The fourth-order valence-electron chi connectivity index (χ4n) is 2.60. The zero-order valence-electron chi connectivity index (χ0n) is 13.9. The SMILES string of the molecule is CC.Cn1cc(-c2ccc(-c3cnc4cccc(F)n34)cc2)cn1. The molecule has 122 valence electrons. The van der Waals surface area contributed by atoms with Crippen LogP contribution in [0.2, 0.25) is 0 Å². The van der Waals surface area contributed by atoms with Crippen molar-refractivity contribution < 1.29 is 4.39 Å². The van der Waals surface area contributed by atoms with Gasteiger partial charge in [-0.3, -0.25) is 9.08 Å². The lowest BCUT2D eigenvalue weighted by Crippen LogP contribution is -1.94. The Morgan fingerprint density at radius 3 is 2.25 bits per heavy atom. The molecule has 3 heterocycles. The summed E-state index contributed by atoms with van der Waals surface area (Å²) < 4.78 is 17.3. The van der Waals surface area contributed by atoms with Crippen LogP contribution in [0.5, 0.6) is 0 Å². The summed E-state index contributed by atoms with van der Waals surface area (Å²) in [6.07, 6.45) is 5.48. The number of imidazole rings is 1. The van der Waals surface area contributed by atoms with Crippen molar-refractivity contribution in [2.24, 2.45) is 7.05 Å². The van der Waals surface area contributed by atoms with Gasteiger partial charge in [-0.05, 0) is 17.7 Å². The summed E-state index contributed by atoms with van der Waals surface area (Å²) in [4.78, 5) is 4.25. The molecule has 0 amide bonds. The first-order valence-electron chi connectivity index (χ1n) is 7.94. The first kappa shape index (κ1) is 15.9. The molecule has 4 aromatic rings. The van der Waals surface area contributed by atoms with E-state index in [1.165, 1.54) is 10.5 Å². The number of hydrogen-bond acceptors (Lipinski definition) is 2. The van der Waals surface area contributed by atoms with Gasteiger partial charge in [0.1, 0.15) is 5.65 Å². The molecule has 0 aliphatic heterocycles. The molecule has 0 fully saturated rings. The first-order valence-corrected chi connectivity index (χ1v) is 7.94. The van der Waals surface area contributed by atoms with Crippen LogP contribution in [-0.4, -0.2) is 19.2 Å². The third kappa shape index (κ3) is 2.80. The molecule has 0 bridgehead atoms. The highest BCUT2D eigenvalue weighted by molar-refractivity contribution is 5.69. The predicted octanol–water partition coefficient (Wildman–Crippen LogP) is 4.57. The summed E-state index contributed by atoms with van der Waals surface area (Å²) in [7, 11) is 1.89. The maximum Gasteiger partial charge on any atom is 0.199 e. The summed E-state index contributed by atoms with van der Waals surface area (Å²) in [6.45, 7) is 4.00. The van der Waals surface area contributed by atoms with Crippen LogP contribution in [0, 0.1) is 5.95 Å². The number of nitrogens with zero attached hydrogens (tertiary/aromatic N) is 4. The number of pyridine rings is 1. The third-order valence-electron chi connectivity index (χ3n) is 3.70. The van der Waals surface area contributed by atoms with E-state index in [0.717, 1.165) is 22.4 Å². The predicted molar refractivity (Wildman–Crippen MR) is 94.1 cm³/mol. The molecule has 0 radical (unpaired) electrons. The largest absolute Gasteiger partial charge is 0.275 e. The summed E-state index contributed by atoms with van der Waals surface area (Å²) in [5.74, 6) is -0.318. The van der Waals surface area contributed by atoms with Gasteiger partial charge in [0.2, 0.25) is 0 Å². The quantitative estimate of drug-likeness (QED) is 0.507. The number of aromatic nitrogens is 4.